The number of rotatable bonds is 6. The number of nitrogens with zero attached hydrogens (tertiary/aromatic N) is 2. The Labute approximate surface area is 198 Å². The third-order valence-corrected chi connectivity index (χ3v) is 8.24. The van der Waals surface area contributed by atoms with Crippen molar-refractivity contribution in [1.29, 1.82) is 0 Å². The second-order valence-corrected chi connectivity index (χ2v) is 10.9. The Kier molecular flexibility index (Phi) is 6.95. The summed E-state index contributed by atoms with van der Waals surface area (Å²) in [5, 5.41) is 11.5. The van der Waals surface area contributed by atoms with Crippen LogP contribution in [0.5, 0.6) is 0 Å². The third kappa shape index (κ3) is 5.01. The maximum absolute atomic E-state index is 13.0. The highest BCUT2D eigenvalue weighted by atomic mass is 35.5. The first kappa shape index (κ1) is 23.9. The number of carbonyl (C=O) groups is 2. The molecule has 3 atom stereocenters. The number of aliphatic hydroxyl groups excluding tert-OH is 1. The Morgan fingerprint density at radius 1 is 1.18 bits per heavy atom. The van der Waals surface area contributed by atoms with E-state index in [1.54, 1.807) is 42.2 Å². The van der Waals surface area contributed by atoms with Crippen molar-refractivity contribution >= 4 is 44.2 Å². The summed E-state index contributed by atoms with van der Waals surface area (Å²) in [5.74, 6) is -0.511. The summed E-state index contributed by atoms with van der Waals surface area (Å²) in [5.41, 5.74) is 0. The number of halogens is 1. The Balaban J connectivity index is 1.44. The van der Waals surface area contributed by atoms with E-state index in [9.17, 15) is 23.1 Å². The minimum Gasteiger partial charge on any atom is -0.396 e. The third-order valence-electron chi connectivity index (χ3n) is 6.54. The second-order valence-electron chi connectivity index (χ2n) is 8.80. The molecule has 178 valence electrons. The largest absolute Gasteiger partial charge is 0.396 e. The van der Waals surface area contributed by atoms with E-state index in [4.69, 9.17) is 11.6 Å². The molecule has 2 N–H and O–H groups in total. The molecule has 0 radical (unpaired) electrons. The van der Waals surface area contributed by atoms with Crippen LogP contribution in [0.3, 0.4) is 0 Å². The lowest BCUT2D eigenvalue weighted by molar-refractivity contribution is -0.144. The standard InChI is InChI=1S/C23H28ClN3O5S/c1-15(22(29)26-9-2-3-16(13-26)14-28)27-10-8-21(23(27)30)25-33(31,32)20-7-5-17-11-19(24)6-4-18(17)12-20/h4-7,11-12,15-16,21,25,28H,2-3,8-10,13-14H2,1H3/t15-,16?,21?/m0/s1. The van der Waals surface area contributed by atoms with Gasteiger partial charge in [0, 0.05) is 31.3 Å². The van der Waals surface area contributed by atoms with Crippen molar-refractivity contribution in [2.75, 3.05) is 26.2 Å². The van der Waals surface area contributed by atoms with Crippen LogP contribution in [0.15, 0.2) is 41.3 Å². The molecule has 2 amide bonds. The number of carbonyl (C=O) groups excluding carboxylic acids is 2. The lowest BCUT2D eigenvalue weighted by Crippen LogP contribution is -2.52. The van der Waals surface area contributed by atoms with E-state index in [1.165, 1.54) is 11.0 Å². The zero-order valence-electron chi connectivity index (χ0n) is 18.4. The van der Waals surface area contributed by atoms with Gasteiger partial charge in [-0.05, 0) is 67.1 Å². The molecule has 10 heteroatoms. The van der Waals surface area contributed by atoms with Gasteiger partial charge in [-0.25, -0.2) is 8.42 Å². The highest BCUT2D eigenvalue weighted by Crippen LogP contribution is 2.25. The molecule has 2 unspecified atom stereocenters. The van der Waals surface area contributed by atoms with Gasteiger partial charge in [0.1, 0.15) is 12.1 Å². The van der Waals surface area contributed by atoms with Crippen LogP contribution >= 0.6 is 11.6 Å². The van der Waals surface area contributed by atoms with Crippen LogP contribution in [0, 0.1) is 5.92 Å². The molecule has 2 aliphatic rings. The Bertz CT molecular complexity index is 1170. The molecule has 2 saturated heterocycles. The number of nitrogens with one attached hydrogen (secondary N) is 1. The number of amides is 2. The molecular formula is C23H28ClN3O5S. The van der Waals surface area contributed by atoms with Crippen LogP contribution in [0.1, 0.15) is 26.2 Å². The first-order chi connectivity index (χ1) is 15.7. The fourth-order valence-corrected chi connectivity index (χ4v) is 6.06. The Morgan fingerprint density at radius 3 is 2.67 bits per heavy atom. The van der Waals surface area contributed by atoms with Gasteiger partial charge in [-0.2, -0.15) is 4.72 Å². The topological polar surface area (TPSA) is 107 Å². The molecule has 0 aliphatic carbocycles. The minimum atomic E-state index is -3.93. The predicted molar refractivity (Wildman–Crippen MR) is 125 cm³/mol. The summed E-state index contributed by atoms with van der Waals surface area (Å²) >= 11 is 5.99. The van der Waals surface area contributed by atoms with Crippen molar-refractivity contribution in [2.24, 2.45) is 5.92 Å². The number of hydrogen-bond acceptors (Lipinski definition) is 5. The maximum Gasteiger partial charge on any atom is 0.245 e. The lowest BCUT2D eigenvalue weighted by Gasteiger charge is -2.35. The van der Waals surface area contributed by atoms with Crippen LogP contribution < -0.4 is 4.72 Å². The van der Waals surface area contributed by atoms with Gasteiger partial charge in [0.2, 0.25) is 21.8 Å². The van der Waals surface area contributed by atoms with E-state index >= 15 is 0 Å². The summed E-state index contributed by atoms with van der Waals surface area (Å²) in [7, 11) is -3.93. The van der Waals surface area contributed by atoms with Gasteiger partial charge in [0.25, 0.3) is 0 Å². The van der Waals surface area contributed by atoms with E-state index in [0.29, 0.717) is 24.7 Å². The van der Waals surface area contributed by atoms with Gasteiger partial charge in [-0.1, -0.05) is 23.7 Å². The van der Waals surface area contributed by atoms with Gasteiger partial charge < -0.3 is 14.9 Å². The molecule has 2 aromatic carbocycles. The summed E-state index contributed by atoms with van der Waals surface area (Å²) in [4.78, 5) is 29.1. The van der Waals surface area contributed by atoms with E-state index in [-0.39, 0.29) is 29.7 Å². The van der Waals surface area contributed by atoms with Crippen LogP contribution in [0.4, 0.5) is 0 Å². The zero-order chi connectivity index (χ0) is 23.8. The van der Waals surface area contributed by atoms with Gasteiger partial charge in [0.15, 0.2) is 0 Å². The number of fused-ring (bicyclic) bond motifs is 1. The number of aliphatic hydroxyl groups is 1. The van der Waals surface area contributed by atoms with Crippen LogP contribution in [0.25, 0.3) is 10.8 Å². The fraction of sp³-hybridized carbons (Fsp3) is 0.478. The molecule has 2 heterocycles. The monoisotopic (exact) mass is 493 g/mol. The summed E-state index contributed by atoms with van der Waals surface area (Å²) < 4.78 is 28.4. The van der Waals surface area contributed by atoms with E-state index in [0.717, 1.165) is 23.6 Å². The van der Waals surface area contributed by atoms with Crippen molar-refractivity contribution in [2.45, 2.75) is 43.2 Å². The second kappa shape index (κ2) is 9.58. The average Bonchev–Trinajstić information content (AvgIpc) is 3.16. The van der Waals surface area contributed by atoms with Crippen molar-refractivity contribution < 1.29 is 23.1 Å². The normalized spacial score (nSPS) is 22.7. The Hall–Kier alpha value is -2.20. The molecule has 4 rings (SSSR count). The van der Waals surface area contributed by atoms with Crippen LogP contribution in [-0.4, -0.2) is 73.5 Å². The number of sulfonamides is 1. The number of likely N-dealkylation sites (tertiary alicyclic amines) is 2. The SMILES string of the molecule is C[C@@H](C(=O)N1CCCC(CO)C1)N1CCC(NS(=O)(=O)c2ccc3cc(Cl)ccc3c2)C1=O. The molecule has 2 aliphatic heterocycles. The van der Waals surface area contributed by atoms with Crippen LogP contribution in [0.2, 0.25) is 5.02 Å². The quantitative estimate of drug-likeness (QED) is 0.640. The number of benzene rings is 2. The summed E-state index contributed by atoms with van der Waals surface area (Å²) in [6.07, 6.45) is 1.99. The average molecular weight is 494 g/mol. The molecule has 33 heavy (non-hydrogen) atoms. The summed E-state index contributed by atoms with van der Waals surface area (Å²) in [6, 6.07) is 8.29. The number of piperidine rings is 1. The van der Waals surface area contributed by atoms with Crippen molar-refractivity contribution in [3.8, 4) is 0 Å². The highest BCUT2D eigenvalue weighted by Gasteiger charge is 2.40. The molecule has 2 aromatic rings. The first-order valence-corrected chi connectivity index (χ1v) is 13.0. The molecule has 2 fully saturated rings. The van der Waals surface area contributed by atoms with Crippen LogP contribution in [-0.2, 0) is 19.6 Å². The van der Waals surface area contributed by atoms with Gasteiger partial charge >= 0.3 is 0 Å². The molecular weight excluding hydrogens is 466 g/mol. The lowest BCUT2D eigenvalue weighted by atomic mass is 9.98. The van der Waals surface area contributed by atoms with E-state index in [2.05, 4.69) is 4.72 Å². The fourth-order valence-electron chi connectivity index (χ4n) is 4.62. The molecule has 8 nitrogen and oxygen atoms in total. The first-order valence-electron chi connectivity index (χ1n) is 11.1. The summed E-state index contributed by atoms with van der Waals surface area (Å²) in [6.45, 7) is 3.09. The van der Waals surface area contributed by atoms with Crippen molar-refractivity contribution in [1.82, 2.24) is 14.5 Å². The molecule has 0 aromatic heterocycles. The van der Waals surface area contributed by atoms with Crippen molar-refractivity contribution in [3.63, 3.8) is 0 Å². The minimum absolute atomic E-state index is 0.0342. The molecule has 0 spiro atoms. The van der Waals surface area contributed by atoms with E-state index in [1.807, 2.05) is 0 Å². The molecule has 0 bridgehead atoms. The zero-order valence-corrected chi connectivity index (χ0v) is 20.0. The molecule has 0 saturated carbocycles. The predicted octanol–water partition coefficient (Wildman–Crippen LogP) is 1.99. The smallest absolute Gasteiger partial charge is 0.245 e. The number of hydrogen-bond donors (Lipinski definition) is 2. The highest BCUT2D eigenvalue weighted by molar-refractivity contribution is 7.89. The maximum atomic E-state index is 13.0. The van der Waals surface area contributed by atoms with Gasteiger partial charge in [-0.3, -0.25) is 9.59 Å². The van der Waals surface area contributed by atoms with Gasteiger partial charge in [-0.15, -0.1) is 0 Å². The van der Waals surface area contributed by atoms with Crippen molar-refractivity contribution in [3.05, 3.63) is 41.4 Å². The van der Waals surface area contributed by atoms with E-state index < -0.39 is 28.0 Å². The van der Waals surface area contributed by atoms with Gasteiger partial charge in [0.05, 0.1) is 4.90 Å². The Morgan fingerprint density at radius 2 is 1.91 bits per heavy atom.